The zero-order chi connectivity index (χ0) is 22.6. The highest BCUT2D eigenvalue weighted by atomic mass is 19.4. The molecule has 0 radical (unpaired) electrons. The Bertz CT molecular complexity index is 940. The van der Waals surface area contributed by atoms with E-state index in [0.29, 0.717) is 29.1 Å². The van der Waals surface area contributed by atoms with Crippen LogP contribution >= 0.6 is 0 Å². The van der Waals surface area contributed by atoms with Crippen molar-refractivity contribution in [1.82, 2.24) is 15.0 Å². The van der Waals surface area contributed by atoms with Crippen LogP contribution in [-0.4, -0.2) is 34.1 Å². The fourth-order valence-corrected chi connectivity index (χ4v) is 5.00. The first-order chi connectivity index (χ1) is 15.4. The quantitative estimate of drug-likeness (QED) is 0.696. The molecular weight excluding hydrogens is 417 g/mol. The number of hydrogen-bond donors (Lipinski definition) is 1. The summed E-state index contributed by atoms with van der Waals surface area (Å²) < 4.78 is 38.3. The van der Waals surface area contributed by atoms with Crippen molar-refractivity contribution in [3.8, 4) is 6.07 Å². The number of piperidine rings is 1. The van der Waals surface area contributed by atoms with Crippen LogP contribution < -0.4 is 10.2 Å². The molecule has 3 atom stereocenters. The van der Waals surface area contributed by atoms with Crippen molar-refractivity contribution in [2.45, 2.75) is 57.2 Å². The van der Waals surface area contributed by atoms with Gasteiger partial charge in [0.15, 0.2) is 0 Å². The summed E-state index contributed by atoms with van der Waals surface area (Å²) >= 11 is 0. The number of alkyl halides is 3. The minimum atomic E-state index is -4.52. The van der Waals surface area contributed by atoms with Gasteiger partial charge in [0.05, 0.1) is 29.7 Å². The van der Waals surface area contributed by atoms with E-state index in [1.54, 1.807) is 18.3 Å². The number of nitrogens with zero attached hydrogens (tertiary/aromatic N) is 5. The summed E-state index contributed by atoms with van der Waals surface area (Å²) in [4.78, 5) is 13.5. The Kier molecular flexibility index (Phi) is 6.77. The van der Waals surface area contributed by atoms with Crippen LogP contribution in [0.25, 0.3) is 0 Å². The smallest absolute Gasteiger partial charge is 0.369 e. The number of nitriles is 1. The van der Waals surface area contributed by atoms with Gasteiger partial charge >= 0.3 is 6.18 Å². The van der Waals surface area contributed by atoms with Crippen molar-refractivity contribution < 1.29 is 13.2 Å². The molecule has 2 aliphatic rings. The second-order valence-electron chi connectivity index (χ2n) is 8.79. The van der Waals surface area contributed by atoms with Crippen molar-refractivity contribution >= 4 is 11.5 Å². The summed E-state index contributed by atoms with van der Waals surface area (Å²) in [6, 6.07) is 5.96. The molecule has 0 amide bonds. The lowest BCUT2D eigenvalue weighted by molar-refractivity contribution is -0.144. The monoisotopic (exact) mass is 444 g/mol. The van der Waals surface area contributed by atoms with E-state index in [4.69, 9.17) is 5.26 Å². The molecule has 170 valence electrons. The van der Waals surface area contributed by atoms with Crippen molar-refractivity contribution in [3.05, 3.63) is 42.1 Å². The highest BCUT2D eigenvalue weighted by Crippen LogP contribution is 2.35. The third-order valence-corrected chi connectivity index (χ3v) is 6.54. The van der Waals surface area contributed by atoms with Gasteiger partial charge in [-0.3, -0.25) is 0 Å². The van der Waals surface area contributed by atoms with Gasteiger partial charge in [0, 0.05) is 25.3 Å². The molecule has 0 bridgehead atoms. The number of rotatable bonds is 5. The molecule has 9 heteroatoms. The van der Waals surface area contributed by atoms with Gasteiger partial charge in [0.1, 0.15) is 5.82 Å². The van der Waals surface area contributed by atoms with Gasteiger partial charge in [-0.05, 0) is 56.1 Å². The van der Waals surface area contributed by atoms with Crippen LogP contribution in [0.15, 0.2) is 30.7 Å². The van der Waals surface area contributed by atoms with Crippen molar-refractivity contribution in [3.63, 3.8) is 0 Å². The number of halogens is 3. The Morgan fingerprint density at radius 1 is 1.09 bits per heavy atom. The second kappa shape index (κ2) is 9.72. The summed E-state index contributed by atoms with van der Waals surface area (Å²) in [5.41, 5.74) is 1.25. The standard InChI is InChI=1S/C23H27F3N6/c24-23(25,26)22-29-13-19(14-30-22)32-9-3-4-17(15-32)10-18-5-1-2-6-20(18)31-21-11-16(12-27)7-8-28-21/h7-8,11,13-14,17-18,20H,1-6,9-10,15H2,(H,28,31)/t17-,18+,20-/m1/s1. The molecular formula is C23H27F3N6. The first-order valence-corrected chi connectivity index (χ1v) is 11.2. The lowest BCUT2D eigenvalue weighted by Crippen LogP contribution is -2.39. The summed E-state index contributed by atoms with van der Waals surface area (Å²) in [5.74, 6) is 0.620. The van der Waals surface area contributed by atoms with E-state index in [2.05, 4.69) is 31.2 Å². The fourth-order valence-electron chi connectivity index (χ4n) is 5.00. The van der Waals surface area contributed by atoms with Crippen LogP contribution in [0.5, 0.6) is 0 Å². The molecule has 1 saturated carbocycles. The Hall–Kier alpha value is -2.89. The molecule has 2 aromatic rings. The molecule has 1 saturated heterocycles. The van der Waals surface area contributed by atoms with Gasteiger partial charge in [0.2, 0.25) is 5.82 Å². The number of pyridine rings is 1. The molecule has 2 fully saturated rings. The Morgan fingerprint density at radius 3 is 2.62 bits per heavy atom. The van der Waals surface area contributed by atoms with E-state index in [1.807, 2.05) is 0 Å². The number of hydrogen-bond acceptors (Lipinski definition) is 6. The highest BCUT2D eigenvalue weighted by Gasteiger charge is 2.35. The SMILES string of the molecule is N#Cc1ccnc(N[C@@H]2CCCC[C@H]2C[C@H]2CCCN(c3cnc(C(F)(F)F)nc3)C2)c1. The predicted octanol–water partition coefficient (Wildman–Crippen LogP) is 5.04. The van der Waals surface area contributed by atoms with Crippen LogP contribution in [0.3, 0.4) is 0 Å². The average molecular weight is 445 g/mol. The van der Waals surface area contributed by atoms with E-state index in [0.717, 1.165) is 51.0 Å². The zero-order valence-corrected chi connectivity index (χ0v) is 17.9. The summed E-state index contributed by atoms with van der Waals surface area (Å²) in [7, 11) is 0. The maximum absolute atomic E-state index is 12.8. The lowest BCUT2D eigenvalue weighted by atomic mass is 9.77. The molecule has 32 heavy (non-hydrogen) atoms. The highest BCUT2D eigenvalue weighted by molar-refractivity contribution is 5.44. The van der Waals surface area contributed by atoms with E-state index >= 15 is 0 Å². The van der Waals surface area contributed by atoms with Gasteiger partial charge in [-0.15, -0.1) is 0 Å². The minimum Gasteiger partial charge on any atom is -0.369 e. The first-order valence-electron chi connectivity index (χ1n) is 11.2. The summed E-state index contributed by atoms with van der Waals surface area (Å²) in [6.45, 7) is 1.61. The molecule has 1 aliphatic carbocycles. The van der Waals surface area contributed by atoms with Crippen LogP contribution in [0.1, 0.15) is 56.3 Å². The molecule has 0 spiro atoms. The topological polar surface area (TPSA) is 77.7 Å². The van der Waals surface area contributed by atoms with Crippen LogP contribution in [0.4, 0.5) is 24.7 Å². The van der Waals surface area contributed by atoms with Gasteiger partial charge in [-0.2, -0.15) is 18.4 Å². The summed E-state index contributed by atoms with van der Waals surface area (Å²) in [6.07, 6.45) is 7.50. The second-order valence-corrected chi connectivity index (χ2v) is 8.79. The van der Waals surface area contributed by atoms with E-state index in [1.165, 1.54) is 25.2 Å². The molecule has 1 aliphatic heterocycles. The molecule has 6 nitrogen and oxygen atoms in total. The molecule has 3 heterocycles. The number of anilines is 2. The maximum atomic E-state index is 12.8. The Labute approximate surface area is 185 Å². The summed E-state index contributed by atoms with van der Waals surface area (Å²) in [5, 5.41) is 12.7. The van der Waals surface area contributed by atoms with Crippen LogP contribution in [0, 0.1) is 23.2 Å². The maximum Gasteiger partial charge on any atom is 0.451 e. The fraction of sp³-hybridized carbons (Fsp3) is 0.565. The van der Waals surface area contributed by atoms with Gasteiger partial charge in [-0.25, -0.2) is 15.0 Å². The Morgan fingerprint density at radius 2 is 1.88 bits per heavy atom. The van der Waals surface area contributed by atoms with E-state index < -0.39 is 12.0 Å². The van der Waals surface area contributed by atoms with E-state index in [9.17, 15) is 13.2 Å². The molecule has 4 rings (SSSR count). The van der Waals surface area contributed by atoms with Gasteiger partial charge < -0.3 is 10.2 Å². The lowest BCUT2D eigenvalue weighted by Gasteiger charge is -2.39. The molecule has 1 N–H and O–H groups in total. The minimum absolute atomic E-state index is 0.315. The molecule has 0 unspecified atom stereocenters. The number of aromatic nitrogens is 3. The first kappa shape index (κ1) is 22.3. The molecule has 2 aromatic heterocycles. The van der Waals surface area contributed by atoms with Crippen molar-refractivity contribution in [2.24, 2.45) is 11.8 Å². The third kappa shape index (κ3) is 5.47. The van der Waals surface area contributed by atoms with E-state index in [-0.39, 0.29) is 0 Å². The zero-order valence-electron chi connectivity index (χ0n) is 17.9. The molecule has 0 aromatic carbocycles. The van der Waals surface area contributed by atoms with Crippen LogP contribution in [0.2, 0.25) is 0 Å². The largest absolute Gasteiger partial charge is 0.451 e. The van der Waals surface area contributed by atoms with Crippen molar-refractivity contribution in [1.29, 1.82) is 5.26 Å². The normalized spacial score (nSPS) is 24.1. The number of nitrogens with one attached hydrogen (secondary N) is 1. The van der Waals surface area contributed by atoms with Crippen LogP contribution in [-0.2, 0) is 6.18 Å². The van der Waals surface area contributed by atoms with Gasteiger partial charge in [-0.1, -0.05) is 12.8 Å². The van der Waals surface area contributed by atoms with Gasteiger partial charge in [0.25, 0.3) is 0 Å². The Balaban J connectivity index is 1.39. The average Bonchev–Trinajstić information content (AvgIpc) is 2.80. The third-order valence-electron chi connectivity index (χ3n) is 6.54. The van der Waals surface area contributed by atoms with Crippen molar-refractivity contribution in [2.75, 3.05) is 23.3 Å². The predicted molar refractivity (Wildman–Crippen MR) is 115 cm³/mol.